The molecule has 0 saturated carbocycles. The molecule has 0 fully saturated rings. The molecule has 0 bridgehead atoms. The third kappa shape index (κ3) is 2.34. The molecule has 5 nitrogen and oxygen atoms in total. The number of aryl methyl sites for hydroxylation is 1. The van der Waals surface area contributed by atoms with Gasteiger partial charge in [-0.15, -0.1) is 0 Å². The Kier molecular flexibility index (Phi) is 2.79. The minimum Gasteiger partial charge on any atom is -0.340 e. The number of hydrogen-bond acceptors (Lipinski definition) is 4. The third-order valence-corrected chi connectivity index (χ3v) is 2.73. The summed E-state index contributed by atoms with van der Waals surface area (Å²) in [6.07, 6.45) is 1.50. The summed E-state index contributed by atoms with van der Waals surface area (Å²) in [6, 6.07) is 4.64. The molecule has 0 aliphatic carbocycles. The van der Waals surface area contributed by atoms with Gasteiger partial charge in [0, 0.05) is 5.69 Å². The molecular formula is C12H9ClFN5. The topological polar surface area (TPSA) is 66.5 Å². The Morgan fingerprint density at radius 2 is 2.11 bits per heavy atom. The van der Waals surface area contributed by atoms with E-state index in [0.29, 0.717) is 22.7 Å². The minimum atomic E-state index is -0.316. The highest BCUT2D eigenvalue weighted by Gasteiger charge is 2.09. The molecule has 19 heavy (non-hydrogen) atoms. The van der Waals surface area contributed by atoms with Crippen LogP contribution in [-0.4, -0.2) is 19.9 Å². The molecule has 96 valence electrons. The SMILES string of the molecule is Cc1cc(F)cc(Nc2nc(Cl)nc3nc[nH]c23)c1. The van der Waals surface area contributed by atoms with Gasteiger partial charge in [0.2, 0.25) is 5.28 Å². The number of nitrogens with zero attached hydrogens (tertiary/aromatic N) is 3. The summed E-state index contributed by atoms with van der Waals surface area (Å²) >= 11 is 5.82. The summed E-state index contributed by atoms with van der Waals surface area (Å²) < 4.78 is 13.3. The van der Waals surface area contributed by atoms with Crippen molar-refractivity contribution in [2.45, 2.75) is 6.92 Å². The van der Waals surface area contributed by atoms with Gasteiger partial charge in [-0.1, -0.05) is 0 Å². The summed E-state index contributed by atoms with van der Waals surface area (Å²) in [7, 11) is 0. The van der Waals surface area contributed by atoms with Gasteiger partial charge in [-0.3, -0.25) is 0 Å². The number of anilines is 2. The summed E-state index contributed by atoms with van der Waals surface area (Å²) in [4.78, 5) is 15.0. The van der Waals surface area contributed by atoms with Crippen LogP contribution in [0.1, 0.15) is 5.56 Å². The smallest absolute Gasteiger partial charge is 0.226 e. The van der Waals surface area contributed by atoms with Gasteiger partial charge in [-0.2, -0.15) is 9.97 Å². The number of H-pyrrole nitrogens is 1. The van der Waals surface area contributed by atoms with Gasteiger partial charge in [-0.25, -0.2) is 9.37 Å². The lowest BCUT2D eigenvalue weighted by Gasteiger charge is -2.07. The van der Waals surface area contributed by atoms with Crippen LogP contribution < -0.4 is 5.32 Å². The zero-order valence-electron chi connectivity index (χ0n) is 9.91. The van der Waals surface area contributed by atoms with Crippen molar-refractivity contribution in [1.82, 2.24) is 19.9 Å². The predicted molar refractivity (Wildman–Crippen MR) is 71.1 cm³/mol. The number of halogens is 2. The zero-order valence-corrected chi connectivity index (χ0v) is 10.7. The van der Waals surface area contributed by atoms with Crippen LogP contribution in [0.4, 0.5) is 15.9 Å². The average molecular weight is 278 g/mol. The van der Waals surface area contributed by atoms with E-state index in [2.05, 4.69) is 25.3 Å². The molecule has 2 heterocycles. The number of nitrogens with one attached hydrogen (secondary N) is 2. The number of fused-ring (bicyclic) bond motifs is 1. The van der Waals surface area contributed by atoms with E-state index in [1.807, 2.05) is 6.92 Å². The van der Waals surface area contributed by atoms with Crippen molar-refractivity contribution in [2.75, 3.05) is 5.32 Å². The van der Waals surface area contributed by atoms with E-state index >= 15 is 0 Å². The molecule has 2 N–H and O–H groups in total. The van der Waals surface area contributed by atoms with Crippen LogP contribution >= 0.6 is 11.6 Å². The van der Waals surface area contributed by atoms with Crippen molar-refractivity contribution < 1.29 is 4.39 Å². The highest BCUT2D eigenvalue weighted by Crippen LogP contribution is 2.23. The second-order valence-corrected chi connectivity index (χ2v) is 4.42. The first-order chi connectivity index (χ1) is 9.11. The number of imidazole rings is 1. The van der Waals surface area contributed by atoms with Crippen molar-refractivity contribution in [3.05, 3.63) is 41.2 Å². The van der Waals surface area contributed by atoms with E-state index in [-0.39, 0.29) is 11.1 Å². The fourth-order valence-electron chi connectivity index (χ4n) is 1.84. The quantitative estimate of drug-likeness (QED) is 0.706. The minimum absolute atomic E-state index is 0.0789. The van der Waals surface area contributed by atoms with E-state index in [0.717, 1.165) is 5.56 Å². The lowest BCUT2D eigenvalue weighted by molar-refractivity contribution is 0.627. The molecular weight excluding hydrogens is 269 g/mol. The van der Waals surface area contributed by atoms with E-state index < -0.39 is 0 Å². The monoisotopic (exact) mass is 277 g/mol. The van der Waals surface area contributed by atoms with Crippen LogP contribution in [0.2, 0.25) is 5.28 Å². The van der Waals surface area contributed by atoms with Crippen LogP contribution in [0.15, 0.2) is 24.5 Å². The highest BCUT2D eigenvalue weighted by molar-refractivity contribution is 6.28. The number of aromatic amines is 1. The predicted octanol–water partition coefficient (Wildman–Crippen LogP) is 3.20. The Morgan fingerprint density at radius 3 is 2.89 bits per heavy atom. The number of hydrogen-bond donors (Lipinski definition) is 2. The van der Waals surface area contributed by atoms with Crippen LogP contribution in [0.5, 0.6) is 0 Å². The molecule has 0 spiro atoms. The van der Waals surface area contributed by atoms with E-state index in [9.17, 15) is 4.39 Å². The first-order valence-electron chi connectivity index (χ1n) is 5.52. The first-order valence-corrected chi connectivity index (χ1v) is 5.90. The number of benzene rings is 1. The van der Waals surface area contributed by atoms with Gasteiger partial charge in [-0.05, 0) is 42.3 Å². The van der Waals surface area contributed by atoms with Gasteiger partial charge in [0.1, 0.15) is 11.3 Å². The van der Waals surface area contributed by atoms with Crippen LogP contribution in [-0.2, 0) is 0 Å². The van der Waals surface area contributed by atoms with Gasteiger partial charge in [0.05, 0.1) is 6.33 Å². The largest absolute Gasteiger partial charge is 0.340 e. The lowest BCUT2D eigenvalue weighted by atomic mass is 10.2. The second kappa shape index (κ2) is 4.47. The highest BCUT2D eigenvalue weighted by atomic mass is 35.5. The molecule has 3 aromatic rings. The van der Waals surface area contributed by atoms with Crippen molar-refractivity contribution in [2.24, 2.45) is 0 Å². The summed E-state index contributed by atoms with van der Waals surface area (Å²) in [5.74, 6) is 0.140. The van der Waals surface area contributed by atoms with Crippen molar-refractivity contribution >= 4 is 34.3 Å². The maximum atomic E-state index is 13.3. The normalized spacial score (nSPS) is 10.9. The Balaban J connectivity index is 2.07. The Labute approximate surface area is 112 Å². The lowest BCUT2D eigenvalue weighted by Crippen LogP contribution is -1.98. The molecule has 0 atom stereocenters. The molecule has 0 saturated heterocycles. The summed E-state index contributed by atoms with van der Waals surface area (Å²) in [5, 5.41) is 3.09. The Morgan fingerprint density at radius 1 is 1.26 bits per heavy atom. The number of rotatable bonds is 2. The fourth-order valence-corrected chi connectivity index (χ4v) is 2.01. The Hall–Kier alpha value is -2.21. The molecule has 0 amide bonds. The summed E-state index contributed by atoms with van der Waals surface area (Å²) in [6.45, 7) is 1.81. The van der Waals surface area contributed by atoms with Gasteiger partial charge in [0.15, 0.2) is 11.5 Å². The fraction of sp³-hybridized carbons (Fsp3) is 0.0833. The summed E-state index contributed by atoms with van der Waals surface area (Å²) in [5.41, 5.74) is 2.47. The molecule has 0 aliphatic heterocycles. The standard InChI is InChI=1S/C12H9ClFN5/c1-6-2-7(14)4-8(3-6)17-11-9-10(16-5-15-9)18-12(13)19-11/h2-5H,1H3,(H2,15,16,17,18,19). The van der Waals surface area contributed by atoms with Crippen molar-refractivity contribution in [1.29, 1.82) is 0 Å². The van der Waals surface area contributed by atoms with E-state index in [1.165, 1.54) is 18.5 Å². The van der Waals surface area contributed by atoms with Crippen molar-refractivity contribution in [3.63, 3.8) is 0 Å². The average Bonchev–Trinajstić information content (AvgIpc) is 2.75. The molecule has 0 aliphatic rings. The number of aromatic nitrogens is 4. The first kappa shape index (κ1) is 11.9. The maximum Gasteiger partial charge on any atom is 0.226 e. The zero-order chi connectivity index (χ0) is 13.4. The Bertz CT molecular complexity index is 735. The maximum absolute atomic E-state index is 13.3. The van der Waals surface area contributed by atoms with Gasteiger partial charge in [0.25, 0.3) is 0 Å². The van der Waals surface area contributed by atoms with Crippen LogP contribution in [0.25, 0.3) is 11.2 Å². The van der Waals surface area contributed by atoms with Crippen LogP contribution in [0, 0.1) is 12.7 Å². The van der Waals surface area contributed by atoms with Gasteiger partial charge >= 0.3 is 0 Å². The van der Waals surface area contributed by atoms with E-state index in [1.54, 1.807) is 6.07 Å². The van der Waals surface area contributed by atoms with E-state index in [4.69, 9.17) is 11.6 Å². The second-order valence-electron chi connectivity index (χ2n) is 4.08. The molecule has 1 aromatic carbocycles. The van der Waals surface area contributed by atoms with Crippen LogP contribution in [0.3, 0.4) is 0 Å². The molecule has 0 radical (unpaired) electrons. The molecule has 2 aromatic heterocycles. The van der Waals surface area contributed by atoms with Crippen molar-refractivity contribution in [3.8, 4) is 0 Å². The molecule has 3 rings (SSSR count). The molecule has 0 unspecified atom stereocenters. The molecule has 7 heteroatoms. The third-order valence-electron chi connectivity index (χ3n) is 2.56. The van der Waals surface area contributed by atoms with Gasteiger partial charge < -0.3 is 10.3 Å².